The van der Waals surface area contributed by atoms with Gasteiger partial charge in [-0.05, 0) is 99.3 Å². The quantitative estimate of drug-likeness (QED) is 0.103. The molecular formula is C45H44BClN2O6Si. The number of carbonyl (C=O) groups is 2. The maximum atomic E-state index is 14.6. The van der Waals surface area contributed by atoms with E-state index in [9.17, 15) is 19.7 Å². The van der Waals surface area contributed by atoms with Crippen LogP contribution in [0.25, 0.3) is 0 Å². The minimum Gasteiger partial charge on any atom is -0.508 e. The maximum absolute atomic E-state index is 14.6. The number of nitrogens with one attached hydrogen (secondary N) is 1. The number of nitrogens with zero attached hydrogens (tertiary/aromatic N) is 1. The van der Waals surface area contributed by atoms with Crippen LogP contribution in [-0.4, -0.2) is 44.0 Å². The molecule has 2 fully saturated rings. The zero-order chi connectivity index (χ0) is 39.2. The van der Waals surface area contributed by atoms with E-state index in [0.29, 0.717) is 23.1 Å². The molecule has 3 N–H and O–H groups in total. The Bertz CT molecular complexity index is 2230. The van der Waals surface area contributed by atoms with Gasteiger partial charge in [0, 0.05) is 16.4 Å². The predicted molar refractivity (Wildman–Crippen MR) is 224 cm³/mol. The monoisotopic (exact) mass is 782 g/mol. The van der Waals surface area contributed by atoms with Crippen LogP contribution in [-0.2, 0) is 18.7 Å². The van der Waals surface area contributed by atoms with E-state index in [-0.39, 0.29) is 40.7 Å². The molecule has 3 aliphatic rings. The first-order chi connectivity index (χ1) is 27.0. The Labute approximate surface area is 334 Å². The van der Waals surface area contributed by atoms with Crippen LogP contribution in [0.3, 0.4) is 0 Å². The number of phenolic OH excluding ortho intramolecular Hbond substituents is 1. The summed E-state index contributed by atoms with van der Waals surface area (Å²) >= 11 is 6.62. The van der Waals surface area contributed by atoms with Crippen LogP contribution >= 0.6 is 11.6 Å². The number of benzene rings is 5. The number of aromatic hydroxyl groups is 1. The fourth-order valence-corrected chi connectivity index (χ4v) is 14.0. The smallest absolute Gasteiger partial charge is 0.487 e. The number of hydrogen-bond donors (Lipinski definition) is 3. The minimum atomic E-state index is -3.02. The van der Waals surface area contributed by atoms with Crippen LogP contribution in [0.4, 0.5) is 17.1 Å². The van der Waals surface area contributed by atoms with Crippen LogP contribution < -0.4 is 20.6 Å². The third-order valence-electron chi connectivity index (χ3n) is 11.6. The molecule has 8 rings (SSSR count). The summed E-state index contributed by atoms with van der Waals surface area (Å²) in [4.78, 5) is 30.5. The van der Waals surface area contributed by atoms with Gasteiger partial charge in [0.1, 0.15) is 5.75 Å². The average Bonchev–Trinajstić information content (AvgIpc) is 3.44. The highest BCUT2D eigenvalue weighted by Gasteiger charge is 2.59. The summed E-state index contributed by atoms with van der Waals surface area (Å²) < 4.78 is 13.7. The number of rotatable bonds is 9. The minimum absolute atomic E-state index is 0.00776. The van der Waals surface area contributed by atoms with Crippen molar-refractivity contribution >= 4 is 66.3 Å². The number of anilines is 3. The van der Waals surface area contributed by atoms with Crippen LogP contribution in [0.2, 0.25) is 10.1 Å². The lowest BCUT2D eigenvalue weighted by Gasteiger charge is -2.45. The molecule has 1 aliphatic carbocycles. The molecule has 0 unspecified atom stereocenters. The molecule has 0 aromatic heterocycles. The molecule has 56 heavy (non-hydrogen) atoms. The number of para-hydroxylation sites is 1. The Balaban J connectivity index is 1.18. The Morgan fingerprint density at radius 2 is 1.41 bits per heavy atom. The van der Waals surface area contributed by atoms with E-state index < -0.39 is 39.3 Å². The van der Waals surface area contributed by atoms with Gasteiger partial charge in [0.2, 0.25) is 11.8 Å². The molecule has 11 heteroatoms. The van der Waals surface area contributed by atoms with Crippen molar-refractivity contribution in [2.75, 3.05) is 16.8 Å². The zero-order valence-corrected chi connectivity index (χ0v) is 33.3. The molecular weight excluding hydrogens is 739 g/mol. The Kier molecular flexibility index (Phi) is 10.3. The van der Waals surface area contributed by atoms with Gasteiger partial charge in [-0.3, -0.25) is 14.5 Å². The largest absolute Gasteiger partial charge is 0.508 e. The zero-order valence-electron chi connectivity index (χ0n) is 31.6. The normalized spacial score (nSPS) is 21.2. The summed E-state index contributed by atoms with van der Waals surface area (Å²) in [5.74, 6) is -2.50. The van der Waals surface area contributed by atoms with Gasteiger partial charge in [0.05, 0.1) is 30.2 Å². The van der Waals surface area contributed by atoms with Crippen molar-refractivity contribution in [1.82, 2.24) is 0 Å². The number of amides is 2. The Hall–Kier alpha value is -4.97. The molecule has 0 bridgehead atoms. The molecule has 8 nitrogen and oxygen atoms in total. The number of halogens is 1. The van der Waals surface area contributed by atoms with Crippen molar-refractivity contribution in [2.45, 2.75) is 44.8 Å². The van der Waals surface area contributed by atoms with E-state index in [1.54, 1.807) is 18.2 Å². The topological polar surface area (TPSA) is 108 Å². The summed E-state index contributed by atoms with van der Waals surface area (Å²) in [6.45, 7) is 6.77. The van der Waals surface area contributed by atoms with Crippen molar-refractivity contribution in [2.24, 2.45) is 17.8 Å². The van der Waals surface area contributed by atoms with E-state index in [0.717, 1.165) is 27.3 Å². The number of allylic oxidation sites excluding steroid dienone is 1. The lowest BCUT2D eigenvalue weighted by atomic mass is 9.55. The molecule has 0 saturated carbocycles. The molecule has 2 amide bonds. The van der Waals surface area contributed by atoms with Gasteiger partial charge >= 0.3 is 7.12 Å². The van der Waals surface area contributed by atoms with Crippen LogP contribution in [0.5, 0.6) is 5.75 Å². The lowest BCUT2D eigenvalue weighted by molar-refractivity contribution is -0.123. The summed E-state index contributed by atoms with van der Waals surface area (Å²) in [6.07, 6.45) is -0.146. The molecule has 0 spiro atoms. The molecule has 4 atom stereocenters. The third kappa shape index (κ3) is 6.79. The molecule has 5 aromatic rings. The van der Waals surface area contributed by atoms with E-state index >= 15 is 0 Å². The van der Waals surface area contributed by atoms with Gasteiger partial charge < -0.3 is 24.5 Å². The number of fused-ring (bicyclic) bond motifs is 3. The summed E-state index contributed by atoms with van der Waals surface area (Å²) in [7, 11) is -4.39. The first-order valence-corrected chi connectivity index (χ1v) is 21.3. The molecule has 2 heterocycles. The highest BCUT2D eigenvalue weighted by Crippen LogP contribution is 2.53. The fourth-order valence-electron chi connectivity index (χ4n) is 9.11. The van der Waals surface area contributed by atoms with Gasteiger partial charge in [-0.15, -0.1) is 0 Å². The van der Waals surface area contributed by atoms with Gasteiger partial charge in [-0.1, -0.05) is 117 Å². The Morgan fingerprint density at radius 1 is 0.821 bits per heavy atom. The highest BCUT2D eigenvalue weighted by molar-refractivity contribution is 6.99. The van der Waals surface area contributed by atoms with Gasteiger partial charge in [0.25, 0.3) is 8.32 Å². The molecule has 5 aromatic carbocycles. The van der Waals surface area contributed by atoms with Crippen LogP contribution in [0.1, 0.15) is 45.3 Å². The van der Waals surface area contributed by atoms with Gasteiger partial charge in [-0.2, -0.15) is 0 Å². The summed E-state index contributed by atoms with van der Waals surface area (Å²) in [5.41, 5.74) is 4.20. The van der Waals surface area contributed by atoms with E-state index in [1.807, 2.05) is 78.9 Å². The lowest BCUT2D eigenvalue weighted by Crippen LogP contribution is -2.66. The van der Waals surface area contributed by atoms with E-state index in [2.05, 4.69) is 50.4 Å². The molecule has 2 aliphatic heterocycles. The molecule has 0 radical (unpaired) electrons. The first kappa shape index (κ1) is 37.9. The predicted octanol–water partition coefficient (Wildman–Crippen LogP) is 7.97. The van der Waals surface area contributed by atoms with Crippen molar-refractivity contribution < 1.29 is 28.8 Å². The number of phenols is 1. The highest BCUT2D eigenvalue weighted by atomic mass is 35.5. The molecule has 284 valence electrons. The average molecular weight is 783 g/mol. The van der Waals surface area contributed by atoms with Crippen LogP contribution in [0.15, 0.2) is 145 Å². The second-order valence-electron chi connectivity index (χ2n) is 15.9. The number of hydrogen-bond acceptors (Lipinski definition) is 7. The Morgan fingerprint density at radius 3 is 2.00 bits per heavy atom. The van der Waals surface area contributed by atoms with Gasteiger partial charge in [0.15, 0.2) is 0 Å². The van der Waals surface area contributed by atoms with Crippen molar-refractivity contribution in [3.05, 3.63) is 155 Å². The SMILES string of the molecule is CC(C)(C)[Si](OCC1=C2B(O)O[C@H](c3ccc(O)cc3Cl)C[C@H]2[C@H]2C(=O)N(c3ccc(Nc4ccccc4)cc3)C(=O)[C@H]2C1)(c1ccccc1)c1ccccc1. The summed E-state index contributed by atoms with van der Waals surface area (Å²) in [5, 5.41) is 27.6. The second kappa shape index (κ2) is 15.2. The first-order valence-electron chi connectivity index (χ1n) is 19.0. The van der Waals surface area contributed by atoms with E-state index in [1.165, 1.54) is 17.0 Å². The van der Waals surface area contributed by atoms with Crippen molar-refractivity contribution in [3.63, 3.8) is 0 Å². The second-order valence-corrected chi connectivity index (χ2v) is 20.6. The standard InChI is InChI=1S/C45H44BClN2O6Si/c1-45(2,3)56(34-15-9-5-10-16-34,35-17-11-6-12-18-35)54-28-29-25-38-41(37-27-40(55-46(53)42(29)37)36-24-23-33(50)26-39(36)47)44(52)49(43(38)51)32-21-19-31(20-22-32)48-30-13-7-4-8-14-30/h4-24,26,37-38,40-41,48,50,53H,25,27-28H2,1-3H3/t37-,38-,40-,41+/m0/s1. The third-order valence-corrected chi connectivity index (χ3v) is 16.9. The number of carbonyl (C=O) groups excluding carboxylic acids is 2. The van der Waals surface area contributed by atoms with Crippen LogP contribution in [0, 0.1) is 17.8 Å². The maximum Gasteiger partial charge on any atom is 0.487 e. The van der Waals surface area contributed by atoms with Gasteiger partial charge in [-0.25, -0.2) is 0 Å². The van der Waals surface area contributed by atoms with Crippen molar-refractivity contribution in [3.8, 4) is 5.75 Å². The van der Waals surface area contributed by atoms with Crippen molar-refractivity contribution in [1.29, 1.82) is 0 Å². The van der Waals surface area contributed by atoms with E-state index in [4.69, 9.17) is 20.7 Å². The summed E-state index contributed by atoms with van der Waals surface area (Å²) in [6, 6.07) is 42.4. The number of imide groups is 1. The fraction of sp³-hybridized carbons (Fsp3) is 0.244. The molecule has 2 saturated heterocycles.